The molecule has 4 heteroatoms. The number of aryl methyl sites for hydroxylation is 1. The first-order chi connectivity index (χ1) is 7.78. The van der Waals surface area contributed by atoms with Crippen molar-refractivity contribution in [1.82, 2.24) is 15.2 Å². The molecule has 0 amide bonds. The van der Waals surface area contributed by atoms with E-state index in [1.165, 1.54) is 29.3 Å². The van der Waals surface area contributed by atoms with Gasteiger partial charge in [0.1, 0.15) is 5.01 Å². The second kappa shape index (κ2) is 5.75. The summed E-state index contributed by atoms with van der Waals surface area (Å²) in [6, 6.07) is 0.680. The summed E-state index contributed by atoms with van der Waals surface area (Å²) < 4.78 is 0. The summed E-state index contributed by atoms with van der Waals surface area (Å²) >= 11 is 1.82. The Morgan fingerprint density at radius 2 is 2.50 bits per heavy atom. The van der Waals surface area contributed by atoms with Crippen molar-refractivity contribution in [2.24, 2.45) is 0 Å². The average molecular weight is 239 g/mol. The van der Waals surface area contributed by atoms with E-state index in [0.717, 1.165) is 19.6 Å². The Morgan fingerprint density at radius 3 is 3.19 bits per heavy atom. The molecule has 0 aromatic carbocycles. The van der Waals surface area contributed by atoms with Gasteiger partial charge < -0.3 is 5.32 Å². The first kappa shape index (κ1) is 12.0. The summed E-state index contributed by atoms with van der Waals surface area (Å²) in [6.07, 6.45) is 4.53. The minimum Gasteiger partial charge on any atom is -0.311 e. The van der Waals surface area contributed by atoms with Crippen molar-refractivity contribution >= 4 is 11.3 Å². The molecule has 0 saturated carbocycles. The largest absolute Gasteiger partial charge is 0.311 e. The summed E-state index contributed by atoms with van der Waals surface area (Å²) in [5.41, 5.74) is 0. The molecule has 0 radical (unpaired) electrons. The molecular weight excluding hydrogens is 218 g/mol. The Morgan fingerprint density at radius 1 is 1.62 bits per heavy atom. The topological polar surface area (TPSA) is 28.2 Å². The average Bonchev–Trinajstić information content (AvgIpc) is 2.65. The molecule has 16 heavy (non-hydrogen) atoms. The van der Waals surface area contributed by atoms with Gasteiger partial charge in [-0.15, -0.1) is 11.3 Å². The van der Waals surface area contributed by atoms with Gasteiger partial charge in [-0.1, -0.05) is 13.3 Å². The van der Waals surface area contributed by atoms with Gasteiger partial charge in [-0.05, 0) is 13.3 Å². The molecule has 1 unspecified atom stereocenters. The second-order valence-corrected chi connectivity index (χ2v) is 5.86. The third-order valence-electron chi connectivity index (χ3n) is 3.00. The van der Waals surface area contributed by atoms with E-state index in [2.05, 4.69) is 29.0 Å². The van der Waals surface area contributed by atoms with E-state index < -0.39 is 0 Å². The van der Waals surface area contributed by atoms with Crippen LogP contribution in [0.25, 0.3) is 0 Å². The Labute approximate surface area is 102 Å². The van der Waals surface area contributed by atoms with Gasteiger partial charge in [0.05, 0.1) is 6.54 Å². The summed E-state index contributed by atoms with van der Waals surface area (Å²) in [5, 5.41) is 4.84. The van der Waals surface area contributed by atoms with Crippen molar-refractivity contribution < 1.29 is 0 Å². The Kier molecular flexibility index (Phi) is 4.32. The summed E-state index contributed by atoms with van der Waals surface area (Å²) in [4.78, 5) is 8.28. The zero-order valence-corrected chi connectivity index (χ0v) is 11.0. The van der Waals surface area contributed by atoms with Crippen LogP contribution in [0.15, 0.2) is 6.20 Å². The molecule has 0 bridgehead atoms. The summed E-state index contributed by atoms with van der Waals surface area (Å²) in [6.45, 7) is 8.85. The second-order valence-electron chi connectivity index (χ2n) is 4.54. The molecule has 3 nitrogen and oxygen atoms in total. The van der Waals surface area contributed by atoms with Gasteiger partial charge in [-0.2, -0.15) is 0 Å². The van der Waals surface area contributed by atoms with Crippen molar-refractivity contribution in [3.05, 3.63) is 16.1 Å². The first-order valence-corrected chi connectivity index (χ1v) is 6.96. The van der Waals surface area contributed by atoms with Crippen LogP contribution in [0.5, 0.6) is 0 Å². The lowest BCUT2D eigenvalue weighted by Crippen LogP contribution is -2.50. The van der Waals surface area contributed by atoms with E-state index in [-0.39, 0.29) is 0 Å². The van der Waals surface area contributed by atoms with Gasteiger partial charge in [-0.3, -0.25) is 4.90 Å². The highest BCUT2D eigenvalue weighted by Crippen LogP contribution is 2.15. The Balaban J connectivity index is 1.85. The van der Waals surface area contributed by atoms with Crippen LogP contribution in [0.1, 0.15) is 29.7 Å². The lowest BCUT2D eigenvalue weighted by atomic mass is 10.1. The van der Waals surface area contributed by atoms with E-state index in [1.807, 2.05) is 17.5 Å². The first-order valence-electron chi connectivity index (χ1n) is 6.15. The zero-order chi connectivity index (χ0) is 11.4. The van der Waals surface area contributed by atoms with E-state index in [1.54, 1.807) is 0 Å². The van der Waals surface area contributed by atoms with E-state index in [4.69, 9.17) is 0 Å². The van der Waals surface area contributed by atoms with Crippen molar-refractivity contribution in [1.29, 1.82) is 0 Å². The minimum atomic E-state index is 0.680. The molecule has 1 aromatic heterocycles. The molecule has 0 spiro atoms. The SMILES string of the molecule is CCCC1CN(Cc2ncc(C)s2)CCN1. The van der Waals surface area contributed by atoms with Crippen LogP contribution < -0.4 is 5.32 Å². The number of nitrogens with one attached hydrogen (secondary N) is 1. The highest BCUT2D eigenvalue weighted by atomic mass is 32.1. The van der Waals surface area contributed by atoms with Crippen LogP contribution in [-0.4, -0.2) is 35.6 Å². The van der Waals surface area contributed by atoms with Gasteiger partial charge in [0.25, 0.3) is 0 Å². The van der Waals surface area contributed by atoms with Gasteiger partial charge in [0.15, 0.2) is 0 Å². The summed E-state index contributed by atoms with van der Waals surface area (Å²) in [7, 11) is 0. The molecule has 1 fully saturated rings. The fourth-order valence-corrected chi connectivity index (χ4v) is 3.08. The number of nitrogens with zero attached hydrogens (tertiary/aromatic N) is 2. The maximum absolute atomic E-state index is 4.44. The number of hydrogen-bond donors (Lipinski definition) is 1. The third-order valence-corrected chi connectivity index (χ3v) is 3.90. The van der Waals surface area contributed by atoms with Gasteiger partial charge >= 0.3 is 0 Å². The van der Waals surface area contributed by atoms with Crippen molar-refractivity contribution in [2.45, 2.75) is 39.3 Å². The fraction of sp³-hybridized carbons (Fsp3) is 0.750. The Hall–Kier alpha value is -0.450. The molecule has 2 heterocycles. The maximum atomic E-state index is 4.44. The molecule has 1 aromatic rings. The molecular formula is C12H21N3S. The predicted octanol–water partition coefficient (Wildman–Crippen LogP) is 2.03. The van der Waals surface area contributed by atoms with Crippen LogP contribution in [0.4, 0.5) is 0 Å². The van der Waals surface area contributed by atoms with Crippen LogP contribution >= 0.6 is 11.3 Å². The molecule has 0 aliphatic carbocycles. The lowest BCUT2D eigenvalue weighted by Gasteiger charge is -2.33. The quantitative estimate of drug-likeness (QED) is 0.871. The van der Waals surface area contributed by atoms with Crippen LogP contribution in [0.2, 0.25) is 0 Å². The summed E-state index contributed by atoms with van der Waals surface area (Å²) in [5.74, 6) is 0. The molecule has 1 atom stereocenters. The van der Waals surface area contributed by atoms with Crippen LogP contribution in [0, 0.1) is 6.92 Å². The minimum absolute atomic E-state index is 0.680. The number of aromatic nitrogens is 1. The van der Waals surface area contributed by atoms with Gasteiger partial charge in [0, 0.05) is 36.8 Å². The predicted molar refractivity (Wildman–Crippen MR) is 68.8 cm³/mol. The maximum Gasteiger partial charge on any atom is 0.107 e. The van der Waals surface area contributed by atoms with Gasteiger partial charge in [-0.25, -0.2) is 4.98 Å². The van der Waals surface area contributed by atoms with E-state index in [9.17, 15) is 0 Å². The number of hydrogen-bond acceptors (Lipinski definition) is 4. The molecule has 2 rings (SSSR count). The molecule has 1 N–H and O–H groups in total. The molecule has 1 aliphatic rings. The van der Waals surface area contributed by atoms with E-state index in [0.29, 0.717) is 6.04 Å². The molecule has 1 saturated heterocycles. The highest BCUT2D eigenvalue weighted by molar-refractivity contribution is 7.11. The lowest BCUT2D eigenvalue weighted by molar-refractivity contribution is 0.186. The standard InChI is InChI=1S/C12H21N3S/c1-3-4-11-8-15(6-5-13-11)9-12-14-7-10(2)16-12/h7,11,13H,3-6,8-9H2,1-2H3. The van der Waals surface area contributed by atoms with Crippen molar-refractivity contribution in [2.75, 3.05) is 19.6 Å². The molecule has 1 aliphatic heterocycles. The fourth-order valence-electron chi connectivity index (χ4n) is 2.25. The van der Waals surface area contributed by atoms with Gasteiger partial charge in [0.2, 0.25) is 0 Å². The molecule has 90 valence electrons. The van der Waals surface area contributed by atoms with Crippen molar-refractivity contribution in [3.63, 3.8) is 0 Å². The number of piperazine rings is 1. The number of rotatable bonds is 4. The van der Waals surface area contributed by atoms with Crippen LogP contribution in [-0.2, 0) is 6.54 Å². The van der Waals surface area contributed by atoms with Crippen molar-refractivity contribution in [3.8, 4) is 0 Å². The zero-order valence-electron chi connectivity index (χ0n) is 10.2. The highest BCUT2D eigenvalue weighted by Gasteiger charge is 2.19. The Bertz CT molecular complexity index is 322. The third kappa shape index (κ3) is 3.27. The monoisotopic (exact) mass is 239 g/mol. The van der Waals surface area contributed by atoms with E-state index >= 15 is 0 Å². The van der Waals surface area contributed by atoms with Crippen LogP contribution in [0.3, 0.4) is 0 Å². The smallest absolute Gasteiger partial charge is 0.107 e. The number of thiazole rings is 1. The normalized spacial score (nSPS) is 22.5.